The summed E-state index contributed by atoms with van der Waals surface area (Å²) in [6.07, 6.45) is 1.64. The molecule has 0 aliphatic carbocycles. The number of halogens is 1. The first-order valence-corrected chi connectivity index (χ1v) is 6.91. The van der Waals surface area contributed by atoms with Crippen LogP contribution in [-0.4, -0.2) is 29.3 Å². The lowest BCUT2D eigenvalue weighted by atomic mass is 10.1. The summed E-state index contributed by atoms with van der Waals surface area (Å²) >= 11 is 0. The summed E-state index contributed by atoms with van der Waals surface area (Å²) in [5, 5.41) is 0. The van der Waals surface area contributed by atoms with Gasteiger partial charge in [0.1, 0.15) is 0 Å². The standard InChI is InChI=1S/C15H23N3O2.ClH/c1-2-6-13(16)15(20)18(10-9-14(17)19)11-12-7-4-3-5-8-12;/h3-5,7-8,13H,2,6,9-11,16H2,1H3,(H2,17,19);1H. The van der Waals surface area contributed by atoms with Crippen LogP contribution in [0.2, 0.25) is 0 Å². The van der Waals surface area contributed by atoms with E-state index in [1.165, 1.54) is 0 Å². The molecule has 5 nitrogen and oxygen atoms in total. The van der Waals surface area contributed by atoms with Gasteiger partial charge in [0.2, 0.25) is 11.8 Å². The lowest BCUT2D eigenvalue weighted by molar-refractivity contribution is -0.133. The van der Waals surface area contributed by atoms with Gasteiger partial charge in [-0.2, -0.15) is 0 Å². The average Bonchev–Trinajstić information content (AvgIpc) is 2.44. The summed E-state index contributed by atoms with van der Waals surface area (Å²) in [7, 11) is 0. The third-order valence-electron chi connectivity index (χ3n) is 3.07. The maximum absolute atomic E-state index is 12.3. The third kappa shape index (κ3) is 7.11. The zero-order valence-electron chi connectivity index (χ0n) is 12.3. The first-order chi connectivity index (χ1) is 9.54. The predicted octanol–water partition coefficient (Wildman–Crippen LogP) is 1.44. The fraction of sp³-hybridized carbons (Fsp3) is 0.467. The Morgan fingerprint density at radius 1 is 1.24 bits per heavy atom. The van der Waals surface area contributed by atoms with E-state index in [0.717, 1.165) is 12.0 Å². The molecule has 0 heterocycles. The van der Waals surface area contributed by atoms with Crippen molar-refractivity contribution in [2.75, 3.05) is 6.54 Å². The smallest absolute Gasteiger partial charge is 0.239 e. The molecule has 4 N–H and O–H groups in total. The van der Waals surface area contributed by atoms with Gasteiger partial charge in [-0.05, 0) is 12.0 Å². The molecule has 0 aliphatic rings. The molecule has 21 heavy (non-hydrogen) atoms. The molecule has 2 amide bonds. The molecule has 1 rings (SSSR count). The van der Waals surface area contributed by atoms with Crippen LogP contribution in [0.3, 0.4) is 0 Å². The molecule has 1 aromatic rings. The van der Waals surface area contributed by atoms with Crippen molar-refractivity contribution in [1.29, 1.82) is 0 Å². The van der Waals surface area contributed by atoms with Crippen LogP contribution in [0.4, 0.5) is 0 Å². The second kappa shape index (κ2) is 10.2. The number of hydrogen-bond donors (Lipinski definition) is 2. The van der Waals surface area contributed by atoms with Crippen molar-refractivity contribution < 1.29 is 9.59 Å². The van der Waals surface area contributed by atoms with E-state index in [0.29, 0.717) is 19.5 Å². The maximum Gasteiger partial charge on any atom is 0.239 e. The second-order valence-corrected chi connectivity index (χ2v) is 4.86. The zero-order valence-corrected chi connectivity index (χ0v) is 13.1. The predicted molar refractivity (Wildman–Crippen MR) is 85.8 cm³/mol. The number of primary amides is 1. The fourth-order valence-corrected chi connectivity index (χ4v) is 1.99. The van der Waals surface area contributed by atoms with Crippen molar-refractivity contribution in [2.45, 2.75) is 38.8 Å². The number of rotatable bonds is 8. The Balaban J connectivity index is 0.00000400. The second-order valence-electron chi connectivity index (χ2n) is 4.86. The first-order valence-electron chi connectivity index (χ1n) is 6.91. The number of carbonyl (C=O) groups is 2. The molecule has 1 unspecified atom stereocenters. The van der Waals surface area contributed by atoms with E-state index in [2.05, 4.69) is 0 Å². The van der Waals surface area contributed by atoms with Crippen LogP contribution in [0.15, 0.2) is 30.3 Å². The van der Waals surface area contributed by atoms with Gasteiger partial charge in [-0.1, -0.05) is 43.7 Å². The minimum Gasteiger partial charge on any atom is -0.370 e. The summed E-state index contributed by atoms with van der Waals surface area (Å²) in [6.45, 7) is 2.74. The van der Waals surface area contributed by atoms with Crippen molar-refractivity contribution in [3.63, 3.8) is 0 Å². The van der Waals surface area contributed by atoms with Crippen LogP contribution >= 0.6 is 12.4 Å². The van der Waals surface area contributed by atoms with Gasteiger partial charge in [0.25, 0.3) is 0 Å². The van der Waals surface area contributed by atoms with Crippen LogP contribution < -0.4 is 11.5 Å². The van der Waals surface area contributed by atoms with Crippen LogP contribution in [0.5, 0.6) is 0 Å². The zero-order chi connectivity index (χ0) is 15.0. The lowest BCUT2D eigenvalue weighted by Crippen LogP contribution is -2.44. The Labute approximate surface area is 132 Å². The highest BCUT2D eigenvalue weighted by Crippen LogP contribution is 2.08. The SMILES string of the molecule is CCCC(N)C(=O)N(CCC(N)=O)Cc1ccccc1.Cl. The number of nitrogens with two attached hydrogens (primary N) is 2. The van der Waals surface area contributed by atoms with E-state index in [9.17, 15) is 9.59 Å². The molecule has 6 heteroatoms. The van der Waals surface area contributed by atoms with Crippen molar-refractivity contribution in [2.24, 2.45) is 11.5 Å². The van der Waals surface area contributed by atoms with Gasteiger partial charge in [-0.25, -0.2) is 0 Å². The summed E-state index contributed by atoms with van der Waals surface area (Å²) in [5.41, 5.74) is 12.1. The highest BCUT2D eigenvalue weighted by atomic mass is 35.5. The van der Waals surface area contributed by atoms with Gasteiger partial charge >= 0.3 is 0 Å². The Kier molecular flexibility index (Phi) is 9.41. The number of hydrogen-bond acceptors (Lipinski definition) is 3. The molecule has 118 valence electrons. The van der Waals surface area contributed by atoms with Crippen LogP contribution in [-0.2, 0) is 16.1 Å². The largest absolute Gasteiger partial charge is 0.370 e. The summed E-state index contributed by atoms with van der Waals surface area (Å²) in [6, 6.07) is 9.11. The number of benzene rings is 1. The molecule has 0 aromatic heterocycles. The summed E-state index contributed by atoms with van der Waals surface area (Å²) in [4.78, 5) is 24.8. The molecule has 0 saturated heterocycles. The Bertz CT molecular complexity index is 440. The van der Waals surface area contributed by atoms with E-state index in [4.69, 9.17) is 11.5 Å². The minimum absolute atomic E-state index is 0. The maximum atomic E-state index is 12.3. The third-order valence-corrected chi connectivity index (χ3v) is 3.07. The molecule has 0 saturated carbocycles. The van der Waals surface area contributed by atoms with Gasteiger partial charge in [-0.15, -0.1) is 12.4 Å². The Hall–Kier alpha value is -1.59. The number of amides is 2. The van der Waals surface area contributed by atoms with Gasteiger partial charge in [0.05, 0.1) is 6.04 Å². The van der Waals surface area contributed by atoms with E-state index < -0.39 is 11.9 Å². The molecule has 0 aliphatic heterocycles. The molecule has 0 radical (unpaired) electrons. The highest BCUT2D eigenvalue weighted by molar-refractivity contribution is 5.85. The van der Waals surface area contributed by atoms with E-state index >= 15 is 0 Å². The van der Waals surface area contributed by atoms with Crippen molar-refractivity contribution in [3.8, 4) is 0 Å². The summed E-state index contributed by atoms with van der Waals surface area (Å²) < 4.78 is 0. The molecular formula is C15H24ClN3O2. The van der Waals surface area contributed by atoms with Crippen molar-refractivity contribution >= 4 is 24.2 Å². The number of carbonyl (C=O) groups excluding carboxylic acids is 2. The van der Waals surface area contributed by atoms with Crippen LogP contribution in [0.1, 0.15) is 31.7 Å². The average molecular weight is 314 g/mol. The highest BCUT2D eigenvalue weighted by Gasteiger charge is 2.20. The normalized spacial score (nSPS) is 11.3. The monoisotopic (exact) mass is 313 g/mol. The Morgan fingerprint density at radius 2 is 1.86 bits per heavy atom. The quantitative estimate of drug-likeness (QED) is 0.761. The van der Waals surface area contributed by atoms with Crippen molar-refractivity contribution in [3.05, 3.63) is 35.9 Å². The van der Waals surface area contributed by atoms with Gasteiger partial charge in [-0.3, -0.25) is 9.59 Å². The molecule has 0 bridgehead atoms. The van der Waals surface area contributed by atoms with E-state index in [1.807, 2.05) is 37.3 Å². The molecule has 0 spiro atoms. The Morgan fingerprint density at radius 3 is 2.38 bits per heavy atom. The lowest BCUT2D eigenvalue weighted by Gasteiger charge is -2.25. The van der Waals surface area contributed by atoms with Gasteiger partial charge in [0, 0.05) is 19.5 Å². The van der Waals surface area contributed by atoms with E-state index in [-0.39, 0.29) is 24.7 Å². The van der Waals surface area contributed by atoms with Gasteiger partial charge < -0.3 is 16.4 Å². The number of nitrogens with zero attached hydrogens (tertiary/aromatic N) is 1. The minimum atomic E-state index is -0.517. The summed E-state index contributed by atoms with van der Waals surface area (Å²) in [5.74, 6) is -0.545. The molecule has 0 fully saturated rings. The first kappa shape index (κ1) is 19.4. The topological polar surface area (TPSA) is 89.4 Å². The molecule has 1 aromatic carbocycles. The van der Waals surface area contributed by atoms with Crippen molar-refractivity contribution in [1.82, 2.24) is 4.90 Å². The molecule has 1 atom stereocenters. The fourth-order valence-electron chi connectivity index (χ4n) is 1.99. The molecular weight excluding hydrogens is 290 g/mol. The van der Waals surface area contributed by atoms with Crippen LogP contribution in [0, 0.1) is 0 Å². The van der Waals surface area contributed by atoms with E-state index in [1.54, 1.807) is 4.90 Å². The van der Waals surface area contributed by atoms with Crippen LogP contribution in [0.25, 0.3) is 0 Å². The van der Waals surface area contributed by atoms with Gasteiger partial charge in [0.15, 0.2) is 0 Å².